The number of fused-ring (bicyclic) bond motifs is 1. The minimum atomic E-state index is -3.31. The molecule has 0 saturated carbocycles. The summed E-state index contributed by atoms with van der Waals surface area (Å²) >= 11 is 0. The zero-order valence-corrected chi connectivity index (χ0v) is 19.4. The molecule has 1 fully saturated rings. The number of guanidine groups is 1. The van der Waals surface area contributed by atoms with Gasteiger partial charge in [-0.2, -0.15) is 4.31 Å². The molecular formula is C22H33N5O3S. The van der Waals surface area contributed by atoms with Crippen molar-refractivity contribution >= 4 is 26.9 Å². The first kappa shape index (κ1) is 23.4. The Morgan fingerprint density at radius 2 is 1.94 bits per heavy atom. The summed E-state index contributed by atoms with van der Waals surface area (Å²) in [6.45, 7) is 9.47. The van der Waals surface area contributed by atoms with Gasteiger partial charge in [0.25, 0.3) is 0 Å². The zero-order valence-electron chi connectivity index (χ0n) is 18.6. The standard InChI is InChI=1S/C22H33N5O3S/c1-4-23-22(25-17-19-9-10-24-21-8-6-5-7-20(19)21)26-11-13-27(14-12-26)31(28,29)16-15-30-18(2)3/h5-10,18H,4,11-17H2,1-3H3,(H,23,25). The molecule has 1 aromatic heterocycles. The Morgan fingerprint density at radius 3 is 2.65 bits per heavy atom. The van der Waals surface area contributed by atoms with Gasteiger partial charge in [-0.15, -0.1) is 0 Å². The van der Waals surface area contributed by atoms with Gasteiger partial charge in [-0.25, -0.2) is 13.4 Å². The summed E-state index contributed by atoms with van der Waals surface area (Å²) in [6.07, 6.45) is 1.84. The number of aromatic nitrogens is 1. The van der Waals surface area contributed by atoms with Gasteiger partial charge in [0.05, 0.1) is 30.5 Å². The number of benzene rings is 1. The third-order valence-electron chi connectivity index (χ3n) is 5.20. The molecule has 1 aliphatic heterocycles. The lowest BCUT2D eigenvalue weighted by molar-refractivity contribution is 0.0904. The molecule has 0 spiro atoms. The van der Waals surface area contributed by atoms with Crippen molar-refractivity contribution < 1.29 is 13.2 Å². The minimum absolute atomic E-state index is 0.0223. The van der Waals surface area contributed by atoms with Crippen LogP contribution in [-0.2, 0) is 21.3 Å². The predicted molar refractivity (Wildman–Crippen MR) is 125 cm³/mol. The third kappa shape index (κ3) is 6.38. The first-order chi connectivity index (χ1) is 14.9. The summed E-state index contributed by atoms with van der Waals surface area (Å²) in [4.78, 5) is 11.4. The molecule has 0 bridgehead atoms. The Morgan fingerprint density at radius 1 is 1.19 bits per heavy atom. The van der Waals surface area contributed by atoms with Crippen LogP contribution < -0.4 is 5.32 Å². The second kappa shape index (κ2) is 10.9. The maximum absolute atomic E-state index is 12.6. The van der Waals surface area contributed by atoms with E-state index >= 15 is 0 Å². The van der Waals surface area contributed by atoms with Crippen molar-refractivity contribution in [2.75, 3.05) is 45.1 Å². The number of hydrogen-bond acceptors (Lipinski definition) is 5. The van der Waals surface area contributed by atoms with Crippen molar-refractivity contribution in [2.45, 2.75) is 33.4 Å². The van der Waals surface area contributed by atoms with Crippen LogP contribution in [0.1, 0.15) is 26.3 Å². The summed E-state index contributed by atoms with van der Waals surface area (Å²) in [6, 6.07) is 10.1. The fourth-order valence-electron chi connectivity index (χ4n) is 3.58. The Hall–Kier alpha value is -2.23. The number of piperazine rings is 1. The second-order valence-corrected chi connectivity index (χ2v) is 9.87. The van der Waals surface area contributed by atoms with E-state index in [1.165, 1.54) is 0 Å². The Bertz CT molecular complexity index is 980. The van der Waals surface area contributed by atoms with Crippen molar-refractivity contribution in [2.24, 2.45) is 4.99 Å². The highest BCUT2D eigenvalue weighted by Crippen LogP contribution is 2.17. The van der Waals surface area contributed by atoms with Gasteiger partial charge in [0.15, 0.2) is 5.96 Å². The first-order valence-corrected chi connectivity index (χ1v) is 12.5. The summed E-state index contributed by atoms with van der Waals surface area (Å²) in [5, 5.41) is 4.44. The molecule has 2 aromatic rings. The van der Waals surface area contributed by atoms with Gasteiger partial charge < -0.3 is 15.0 Å². The first-order valence-electron chi connectivity index (χ1n) is 10.9. The lowest BCUT2D eigenvalue weighted by Crippen LogP contribution is -2.54. The number of rotatable bonds is 8. The maximum Gasteiger partial charge on any atom is 0.216 e. The van der Waals surface area contributed by atoms with E-state index in [1.54, 1.807) is 4.31 Å². The SMILES string of the molecule is CCNC(=NCc1ccnc2ccccc12)N1CCN(S(=O)(=O)CCOC(C)C)CC1. The molecular weight excluding hydrogens is 414 g/mol. The molecule has 0 atom stereocenters. The zero-order chi connectivity index (χ0) is 22.3. The molecule has 31 heavy (non-hydrogen) atoms. The molecule has 0 radical (unpaired) electrons. The Labute approximate surface area is 185 Å². The molecule has 0 unspecified atom stereocenters. The summed E-state index contributed by atoms with van der Waals surface area (Å²) in [5.74, 6) is 0.831. The van der Waals surface area contributed by atoms with Crippen LogP contribution in [0.4, 0.5) is 0 Å². The van der Waals surface area contributed by atoms with E-state index in [0.717, 1.165) is 29.0 Å². The topological polar surface area (TPSA) is 87.1 Å². The maximum atomic E-state index is 12.6. The van der Waals surface area contributed by atoms with Gasteiger partial charge in [0, 0.05) is 44.3 Å². The number of hydrogen-bond donors (Lipinski definition) is 1. The summed E-state index contributed by atoms with van der Waals surface area (Å²) in [7, 11) is -3.31. The van der Waals surface area contributed by atoms with Crippen LogP contribution in [0.3, 0.4) is 0 Å². The van der Waals surface area contributed by atoms with Crippen molar-refractivity contribution in [3.05, 3.63) is 42.1 Å². The van der Waals surface area contributed by atoms with E-state index in [9.17, 15) is 8.42 Å². The molecule has 0 amide bonds. The number of nitrogens with zero attached hydrogens (tertiary/aromatic N) is 4. The van der Waals surface area contributed by atoms with Gasteiger partial charge in [0.2, 0.25) is 10.0 Å². The second-order valence-electron chi connectivity index (χ2n) is 7.78. The monoisotopic (exact) mass is 447 g/mol. The Kier molecular flexibility index (Phi) is 8.22. The number of aliphatic imine (C=N–C) groups is 1. The molecule has 1 saturated heterocycles. The van der Waals surface area contributed by atoms with Crippen molar-refractivity contribution in [3.63, 3.8) is 0 Å². The predicted octanol–water partition coefficient (Wildman–Crippen LogP) is 2.07. The lowest BCUT2D eigenvalue weighted by Gasteiger charge is -2.36. The van der Waals surface area contributed by atoms with Gasteiger partial charge >= 0.3 is 0 Å². The van der Waals surface area contributed by atoms with Crippen LogP contribution in [0.25, 0.3) is 10.9 Å². The fraction of sp³-hybridized carbons (Fsp3) is 0.545. The molecule has 170 valence electrons. The van der Waals surface area contributed by atoms with E-state index in [4.69, 9.17) is 9.73 Å². The third-order valence-corrected chi connectivity index (χ3v) is 7.03. The van der Waals surface area contributed by atoms with Gasteiger partial charge in [0.1, 0.15) is 0 Å². The van der Waals surface area contributed by atoms with E-state index in [0.29, 0.717) is 32.7 Å². The molecule has 9 heteroatoms. The molecule has 0 aliphatic carbocycles. The molecule has 1 aliphatic rings. The molecule has 3 rings (SSSR count). The highest BCUT2D eigenvalue weighted by molar-refractivity contribution is 7.89. The quantitative estimate of drug-likeness (QED) is 0.492. The van der Waals surface area contributed by atoms with Gasteiger partial charge in [-0.1, -0.05) is 18.2 Å². The fourth-order valence-corrected chi connectivity index (χ4v) is 4.86. The number of sulfonamides is 1. The van der Waals surface area contributed by atoms with Crippen LogP contribution in [0.5, 0.6) is 0 Å². The molecule has 8 nitrogen and oxygen atoms in total. The number of pyridine rings is 1. The molecule has 1 aromatic carbocycles. The van der Waals surface area contributed by atoms with Crippen LogP contribution in [0.15, 0.2) is 41.5 Å². The lowest BCUT2D eigenvalue weighted by atomic mass is 10.1. The normalized spacial score (nSPS) is 16.3. The minimum Gasteiger partial charge on any atom is -0.378 e. The number of nitrogens with one attached hydrogen (secondary N) is 1. The number of para-hydroxylation sites is 1. The van der Waals surface area contributed by atoms with Crippen molar-refractivity contribution in [1.29, 1.82) is 0 Å². The van der Waals surface area contributed by atoms with E-state index in [2.05, 4.69) is 21.3 Å². The Balaban J connectivity index is 1.63. The highest BCUT2D eigenvalue weighted by Gasteiger charge is 2.28. The average molecular weight is 448 g/mol. The van der Waals surface area contributed by atoms with Gasteiger partial charge in [-0.05, 0) is 38.5 Å². The number of ether oxygens (including phenoxy) is 1. The van der Waals surface area contributed by atoms with E-state index in [-0.39, 0.29) is 18.5 Å². The average Bonchev–Trinajstić information content (AvgIpc) is 2.76. The van der Waals surface area contributed by atoms with Crippen LogP contribution >= 0.6 is 0 Å². The summed E-state index contributed by atoms with van der Waals surface area (Å²) in [5.41, 5.74) is 2.08. The summed E-state index contributed by atoms with van der Waals surface area (Å²) < 4.78 is 32.1. The molecule has 2 heterocycles. The molecule has 1 N–H and O–H groups in total. The largest absolute Gasteiger partial charge is 0.378 e. The van der Waals surface area contributed by atoms with Crippen LogP contribution in [-0.4, -0.2) is 79.8 Å². The highest BCUT2D eigenvalue weighted by atomic mass is 32.2. The van der Waals surface area contributed by atoms with Gasteiger partial charge in [-0.3, -0.25) is 4.98 Å². The van der Waals surface area contributed by atoms with Crippen LogP contribution in [0.2, 0.25) is 0 Å². The van der Waals surface area contributed by atoms with Crippen molar-refractivity contribution in [1.82, 2.24) is 19.5 Å². The van der Waals surface area contributed by atoms with E-state index < -0.39 is 10.0 Å². The van der Waals surface area contributed by atoms with Crippen LogP contribution in [0, 0.1) is 0 Å². The van der Waals surface area contributed by atoms with E-state index in [1.807, 2.05) is 51.2 Å². The van der Waals surface area contributed by atoms with Crippen molar-refractivity contribution in [3.8, 4) is 0 Å². The smallest absolute Gasteiger partial charge is 0.216 e.